The number of rotatable bonds is 2. The molecule has 1 saturated heterocycles. The van der Waals surface area contributed by atoms with Gasteiger partial charge in [-0.15, -0.1) is 0 Å². The van der Waals surface area contributed by atoms with Crippen LogP contribution in [0.15, 0.2) is 18.5 Å². The lowest BCUT2D eigenvalue weighted by Crippen LogP contribution is -2.44. The summed E-state index contributed by atoms with van der Waals surface area (Å²) in [5, 5.41) is 9.31. The highest BCUT2D eigenvalue weighted by atomic mass is 16.4. The molecule has 1 N–H and O–H groups in total. The largest absolute Gasteiger partial charge is 0.465 e. The molecule has 3 heterocycles. The molecule has 5 nitrogen and oxygen atoms in total. The highest BCUT2D eigenvalue weighted by Crippen LogP contribution is 2.22. The molecule has 0 radical (unpaired) electrons. The van der Waals surface area contributed by atoms with E-state index in [1.807, 2.05) is 16.8 Å². The maximum atomic E-state index is 11.3. The second kappa shape index (κ2) is 5.39. The van der Waals surface area contributed by atoms with Gasteiger partial charge >= 0.3 is 6.09 Å². The molecule has 5 heteroatoms. The number of fused-ring (bicyclic) bond motifs is 1. The van der Waals surface area contributed by atoms with Crippen molar-refractivity contribution >= 4 is 11.7 Å². The van der Waals surface area contributed by atoms with E-state index in [9.17, 15) is 9.90 Å². The van der Waals surface area contributed by atoms with Crippen molar-refractivity contribution in [1.29, 1.82) is 0 Å². The molecule has 1 amide bonds. The molecular weight excluding hydrogens is 266 g/mol. The SMILES string of the molecule is Cc1ccn2cc(CC3CCCCN3C(=O)O)nc2c1C. The van der Waals surface area contributed by atoms with Crippen molar-refractivity contribution in [3.8, 4) is 0 Å². The van der Waals surface area contributed by atoms with Crippen molar-refractivity contribution < 1.29 is 9.90 Å². The fourth-order valence-electron chi connectivity index (χ4n) is 3.13. The Bertz CT molecular complexity index is 677. The van der Waals surface area contributed by atoms with Crippen LogP contribution in [0.1, 0.15) is 36.1 Å². The quantitative estimate of drug-likeness (QED) is 0.923. The standard InChI is InChI=1S/C16H21N3O2/c1-11-6-8-18-10-13(17-15(18)12(11)2)9-14-5-3-4-7-19(14)16(20)21/h6,8,10,14H,3-5,7,9H2,1-2H3,(H,20,21). The third-order valence-corrected chi connectivity index (χ3v) is 4.51. The number of aryl methyl sites for hydroxylation is 2. The van der Waals surface area contributed by atoms with Gasteiger partial charge in [0.05, 0.1) is 5.69 Å². The number of carboxylic acid groups (broad SMARTS) is 1. The summed E-state index contributed by atoms with van der Waals surface area (Å²) in [6.45, 7) is 4.80. The predicted octanol–water partition coefficient (Wildman–Crippen LogP) is 3.03. The molecule has 1 atom stereocenters. The molecule has 112 valence electrons. The van der Waals surface area contributed by atoms with Crippen molar-refractivity contribution in [1.82, 2.24) is 14.3 Å². The Morgan fingerprint density at radius 1 is 1.43 bits per heavy atom. The molecule has 21 heavy (non-hydrogen) atoms. The molecule has 2 aromatic rings. The average molecular weight is 287 g/mol. The van der Waals surface area contributed by atoms with Crippen LogP contribution in [0.4, 0.5) is 4.79 Å². The second-order valence-corrected chi connectivity index (χ2v) is 5.92. The molecule has 0 aliphatic carbocycles. The van der Waals surface area contributed by atoms with Gasteiger partial charge in [-0.25, -0.2) is 9.78 Å². The first kappa shape index (κ1) is 13.9. The van der Waals surface area contributed by atoms with Gasteiger partial charge in [-0.05, 0) is 50.3 Å². The lowest BCUT2D eigenvalue weighted by Gasteiger charge is -2.33. The van der Waals surface area contributed by atoms with Gasteiger partial charge < -0.3 is 14.4 Å². The van der Waals surface area contributed by atoms with E-state index in [4.69, 9.17) is 4.98 Å². The van der Waals surface area contributed by atoms with Crippen LogP contribution in [-0.4, -0.2) is 38.1 Å². The molecule has 0 spiro atoms. The Labute approximate surface area is 124 Å². The minimum absolute atomic E-state index is 0.0579. The Morgan fingerprint density at radius 3 is 3.00 bits per heavy atom. The molecule has 1 aliphatic rings. The zero-order valence-electron chi connectivity index (χ0n) is 12.5. The fourth-order valence-corrected chi connectivity index (χ4v) is 3.13. The third-order valence-electron chi connectivity index (χ3n) is 4.51. The van der Waals surface area contributed by atoms with Gasteiger partial charge in [-0.2, -0.15) is 0 Å². The number of hydrogen-bond donors (Lipinski definition) is 1. The van der Waals surface area contributed by atoms with Crippen LogP contribution in [0.2, 0.25) is 0 Å². The van der Waals surface area contributed by atoms with E-state index in [1.54, 1.807) is 4.90 Å². The monoisotopic (exact) mass is 287 g/mol. The van der Waals surface area contributed by atoms with Gasteiger partial charge in [0.1, 0.15) is 5.65 Å². The highest BCUT2D eigenvalue weighted by Gasteiger charge is 2.27. The smallest absolute Gasteiger partial charge is 0.407 e. The van der Waals surface area contributed by atoms with Gasteiger partial charge in [-0.3, -0.25) is 0 Å². The number of imidazole rings is 1. The normalized spacial score (nSPS) is 19.1. The fraction of sp³-hybridized carbons (Fsp3) is 0.500. The van der Waals surface area contributed by atoms with Crippen LogP contribution in [0.25, 0.3) is 5.65 Å². The van der Waals surface area contributed by atoms with E-state index in [1.165, 1.54) is 11.1 Å². The number of likely N-dealkylation sites (tertiary alicyclic amines) is 1. The van der Waals surface area contributed by atoms with Crippen molar-refractivity contribution in [2.24, 2.45) is 0 Å². The Kier molecular flexibility index (Phi) is 3.57. The van der Waals surface area contributed by atoms with E-state index in [0.717, 1.165) is 30.6 Å². The number of amides is 1. The number of nitrogens with zero attached hydrogens (tertiary/aromatic N) is 3. The Morgan fingerprint density at radius 2 is 2.24 bits per heavy atom. The number of piperidine rings is 1. The van der Waals surface area contributed by atoms with Crippen LogP contribution < -0.4 is 0 Å². The summed E-state index contributed by atoms with van der Waals surface area (Å²) in [6, 6.07) is 2.14. The first-order valence-electron chi connectivity index (χ1n) is 7.49. The summed E-state index contributed by atoms with van der Waals surface area (Å²) in [4.78, 5) is 17.6. The molecule has 0 bridgehead atoms. The summed E-state index contributed by atoms with van der Waals surface area (Å²) >= 11 is 0. The summed E-state index contributed by atoms with van der Waals surface area (Å²) < 4.78 is 2.03. The van der Waals surface area contributed by atoms with Gasteiger partial charge in [0, 0.05) is 31.4 Å². The summed E-state index contributed by atoms with van der Waals surface area (Å²) in [7, 11) is 0. The number of hydrogen-bond acceptors (Lipinski definition) is 2. The minimum atomic E-state index is -0.810. The predicted molar refractivity (Wildman–Crippen MR) is 80.7 cm³/mol. The van der Waals surface area contributed by atoms with E-state index < -0.39 is 6.09 Å². The van der Waals surface area contributed by atoms with Crippen molar-refractivity contribution in [3.63, 3.8) is 0 Å². The average Bonchev–Trinajstić information content (AvgIpc) is 2.87. The van der Waals surface area contributed by atoms with Crippen LogP contribution in [-0.2, 0) is 6.42 Å². The van der Waals surface area contributed by atoms with Crippen molar-refractivity contribution in [2.75, 3.05) is 6.54 Å². The molecule has 1 aliphatic heterocycles. The number of aromatic nitrogens is 2. The van der Waals surface area contributed by atoms with Crippen molar-refractivity contribution in [3.05, 3.63) is 35.3 Å². The Balaban J connectivity index is 1.87. The van der Waals surface area contributed by atoms with Gasteiger partial charge in [0.2, 0.25) is 0 Å². The maximum Gasteiger partial charge on any atom is 0.407 e. The van der Waals surface area contributed by atoms with Gasteiger partial charge in [-0.1, -0.05) is 0 Å². The zero-order valence-corrected chi connectivity index (χ0v) is 12.5. The molecule has 1 fully saturated rings. The number of pyridine rings is 1. The summed E-state index contributed by atoms with van der Waals surface area (Å²) in [5.41, 5.74) is 4.36. The van der Waals surface area contributed by atoms with E-state index in [2.05, 4.69) is 19.9 Å². The molecule has 0 saturated carbocycles. The topological polar surface area (TPSA) is 57.8 Å². The summed E-state index contributed by atoms with van der Waals surface area (Å²) in [5.74, 6) is 0. The zero-order chi connectivity index (χ0) is 15.0. The molecule has 2 aromatic heterocycles. The van der Waals surface area contributed by atoms with E-state index >= 15 is 0 Å². The Hall–Kier alpha value is -2.04. The van der Waals surface area contributed by atoms with E-state index in [0.29, 0.717) is 13.0 Å². The summed E-state index contributed by atoms with van der Waals surface area (Å²) in [6.07, 6.45) is 6.92. The number of carbonyl (C=O) groups is 1. The van der Waals surface area contributed by atoms with Crippen LogP contribution >= 0.6 is 0 Å². The third kappa shape index (κ3) is 2.60. The molecule has 1 unspecified atom stereocenters. The second-order valence-electron chi connectivity index (χ2n) is 5.92. The highest BCUT2D eigenvalue weighted by molar-refractivity contribution is 5.65. The first-order chi connectivity index (χ1) is 10.1. The molecule has 0 aromatic carbocycles. The molecule has 3 rings (SSSR count). The van der Waals surface area contributed by atoms with Crippen LogP contribution in [0.5, 0.6) is 0 Å². The van der Waals surface area contributed by atoms with Crippen molar-refractivity contribution in [2.45, 2.75) is 45.6 Å². The lowest BCUT2D eigenvalue weighted by atomic mass is 9.99. The minimum Gasteiger partial charge on any atom is -0.465 e. The van der Waals surface area contributed by atoms with Crippen LogP contribution in [0, 0.1) is 13.8 Å². The van der Waals surface area contributed by atoms with Crippen LogP contribution in [0.3, 0.4) is 0 Å². The van der Waals surface area contributed by atoms with Gasteiger partial charge in [0.15, 0.2) is 0 Å². The lowest BCUT2D eigenvalue weighted by molar-refractivity contribution is 0.106. The molecular formula is C16H21N3O2. The maximum absolute atomic E-state index is 11.3. The van der Waals surface area contributed by atoms with E-state index in [-0.39, 0.29) is 6.04 Å². The first-order valence-corrected chi connectivity index (χ1v) is 7.49. The van der Waals surface area contributed by atoms with Gasteiger partial charge in [0.25, 0.3) is 0 Å².